The minimum atomic E-state index is -1.15. The zero-order valence-corrected chi connectivity index (χ0v) is 44.7. The molecule has 2 unspecified atom stereocenters. The fourth-order valence-corrected chi connectivity index (χ4v) is 10.6. The Hall–Kier alpha value is -2.19. The third-order valence-electron chi connectivity index (χ3n) is 9.98. The standard InChI is InChI=1S/C16H17ClO3S.C14H13ClO2S.C8H9BrO2S.C8H7ClO.C4H9.4CH4.Li/c1-10-13(9-14(21-10)15-19-6-7-20-15)16(2,18)11-4-3-5-12(17)8-11;1-9-13(7-12(8-16)18-9)14(2,17)10-4-3-5-11(15)6-10;1-5-6(9)4-7(12-5)8-10-2-3-11-8;1-6(10)7-3-2-4-8(9)5-7;1-3-4-2;;;;;/h3-5,8-9,15,18H,6-7H2,1-2H3;3-8,17H,1-2H3;4,8H,2-3H2,1H3;2-5H,1H3;1,3-4H2,2H3;4*1H4;/q;;;;-1;;;;;+1. The first-order valence-electron chi connectivity index (χ1n) is 20.7. The zero-order chi connectivity index (χ0) is 47.9. The molecule has 0 saturated carbocycles. The normalized spacial score (nSPS) is 14.3. The largest absolute Gasteiger partial charge is 1.00 e. The van der Waals surface area contributed by atoms with Gasteiger partial charge in [-0.1, -0.05) is 114 Å². The summed E-state index contributed by atoms with van der Waals surface area (Å²) in [6.45, 7) is 19.3. The molecule has 2 fully saturated rings. The van der Waals surface area contributed by atoms with Gasteiger partial charge in [0.1, 0.15) is 11.2 Å². The molecule has 16 heteroatoms. The number of Topliss-reactive ketones (excluding diaryl/α,β-unsaturated/α-hetero) is 1. The van der Waals surface area contributed by atoms with Crippen LogP contribution in [0.2, 0.25) is 15.1 Å². The number of rotatable bonds is 9. The molecule has 8 nitrogen and oxygen atoms in total. The van der Waals surface area contributed by atoms with E-state index in [0.29, 0.717) is 57.5 Å². The van der Waals surface area contributed by atoms with Crippen molar-refractivity contribution in [3.63, 3.8) is 0 Å². The maximum atomic E-state index is 11.0. The molecule has 0 bridgehead atoms. The van der Waals surface area contributed by atoms with Crippen LogP contribution in [0, 0.1) is 27.7 Å². The summed E-state index contributed by atoms with van der Waals surface area (Å²) in [7, 11) is 0. The van der Waals surface area contributed by atoms with Crippen molar-refractivity contribution in [2.24, 2.45) is 0 Å². The van der Waals surface area contributed by atoms with E-state index in [1.54, 1.807) is 97.2 Å². The van der Waals surface area contributed by atoms with Crippen molar-refractivity contribution in [1.29, 1.82) is 0 Å². The number of unbranched alkanes of at least 4 members (excludes halogenated alkanes) is 1. The molecule has 0 aliphatic carbocycles. The van der Waals surface area contributed by atoms with Gasteiger partial charge in [0.05, 0.1) is 41.1 Å². The second kappa shape index (κ2) is 33.6. The van der Waals surface area contributed by atoms with E-state index in [9.17, 15) is 19.8 Å². The molecule has 2 saturated heterocycles. The summed E-state index contributed by atoms with van der Waals surface area (Å²) in [4.78, 5) is 27.5. The van der Waals surface area contributed by atoms with Gasteiger partial charge in [-0.15, -0.1) is 34.0 Å². The minimum Gasteiger partial charge on any atom is -0.381 e. The van der Waals surface area contributed by atoms with Crippen LogP contribution in [-0.2, 0) is 30.1 Å². The number of halogens is 4. The van der Waals surface area contributed by atoms with Crippen molar-refractivity contribution in [1.82, 2.24) is 0 Å². The van der Waals surface area contributed by atoms with E-state index in [-0.39, 0.29) is 66.9 Å². The van der Waals surface area contributed by atoms with Gasteiger partial charge in [0.2, 0.25) is 0 Å². The Morgan fingerprint density at radius 2 is 1.07 bits per heavy atom. The van der Waals surface area contributed by atoms with Crippen LogP contribution in [0.5, 0.6) is 0 Å². The van der Waals surface area contributed by atoms with Crippen molar-refractivity contribution in [2.45, 2.75) is 115 Å². The van der Waals surface area contributed by atoms with Gasteiger partial charge in [-0.2, -0.15) is 6.42 Å². The molecular weight excluding hydrogens is 1070 g/mol. The molecule has 382 valence electrons. The smallest absolute Gasteiger partial charge is 0.381 e. The summed E-state index contributed by atoms with van der Waals surface area (Å²) in [5.74, 6) is 0.0440. The van der Waals surface area contributed by atoms with Gasteiger partial charge in [0.15, 0.2) is 24.6 Å². The van der Waals surface area contributed by atoms with Crippen molar-refractivity contribution in [3.8, 4) is 0 Å². The molecule has 3 aromatic heterocycles. The van der Waals surface area contributed by atoms with Gasteiger partial charge in [-0.25, -0.2) is 0 Å². The molecule has 70 heavy (non-hydrogen) atoms. The SMILES string of the molecule is C.C.C.C.CC(=O)c1cccc(Cl)c1.Cc1sc(C2OCCO2)cc1Br.Cc1sc(C2OCCO2)cc1C(C)(O)c1cccc(Cl)c1.Cc1sc(C=O)cc1C(C)(O)c1cccc(Cl)c1.[CH2-]CCC.[Li+]. The van der Waals surface area contributed by atoms with E-state index in [1.165, 1.54) is 29.6 Å². The Morgan fingerprint density at radius 1 is 0.686 bits per heavy atom. The van der Waals surface area contributed by atoms with E-state index in [0.717, 1.165) is 53.4 Å². The molecule has 0 amide bonds. The Labute approximate surface area is 466 Å². The molecule has 2 N–H and O–H groups in total. The fraction of sp³-hybridized carbons (Fsp3) is 0.389. The first-order chi connectivity index (χ1) is 30.8. The summed E-state index contributed by atoms with van der Waals surface area (Å²) < 4.78 is 23.0. The summed E-state index contributed by atoms with van der Waals surface area (Å²) in [6.07, 6.45) is 2.65. The van der Waals surface area contributed by atoms with Gasteiger partial charge in [0.25, 0.3) is 0 Å². The van der Waals surface area contributed by atoms with E-state index in [4.69, 9.17) is 53.8 Å². The quantitative estimate of drug-likeness (QED) is 0.0637. The zero-order valence-electron chi connectivity index (χ0n) is 38.4. The summed E-state index contributed by atoms with van der Waals surface area (Å²) in [5.41, 5.74) is 1.52. The number of thiophene rings is 3. The van der Waals surface area contributed by atoms with E-state index in [2.05, 4.69) is 42.8 Å². The second-order valence-electron chi connectivity index (χ2n) is 15.1. The third-order valence-corrected chi connectivity index (χ3v) is 14.9. The third kappa shape index (κ3) is 20.3. The van der Waals surface area contributed by atoms with Crippen LogP contribution in [-0.4, -0.2) is 48.7 Å². The number of aldehydes is 1. The molecule has 2 atom stereocenters. The number of aryl methyl sites for hydroxylation is 3. The molecule has 0 radical (unpaired) electrons. The van der Waals surface area contributed by atoms with Gasteiger partial charge in [-0.05, 0) is 123 Å². The maximum absolute atomic E-state index is 11.0. The van der Waals surface area contributed by atoms with Gasteiger partial charge in [0, 0.05) is 50.9 Å². The Balaban J connectivity index is 0. The molecule has 2 aliphatic rings. The number of hydrogen-bond donors (Lipinski definition) is 2. The molecule has 2 aliphatic heterocycles. The topological polar surface area (TPSA) is 112 Å². The van der Waals surface area contributed by atoms with Crippen molar-refractivity contribution >= 4 is 96.8 Å². The van der Waals surface area contributed by atoms with E-state index in [1.807, 2.05) is 38.1 Å². The van der Waals surface area contributed by atoms with Crippen LogP contribution < -0.4 is 18.9 Å². The van der Waals surface area contributed by atoms with Crippen LogP contribution >= 0.6 is 84.7 Å². The first-order valence-corrected chi connectivity index (χ1v) is 25.1. The number of carbonyl (C=O) groups excluding carboxylic acids is 2. The predicted molar refractivity (Wildman–Crippen MR) is 298 cm³/mol. The Bertz CT molecular complexity index is 2440. The van der Waals surface area contributed by atoms with Gasteiger partial charge >= 0.3 is 18.9 Å². The van der Waals surface area contributed by atoms with Gasteiger partial charge in [-0.3, -0.25) is 9.59 Å². The van der Waals surface area contributed by atoms with Crippen molar-refractivity contribution < 1.29 is 57.6 Å². The number of ether oxygens (including phenoxy) is 4. The second-order valence-corrected chi connectivity index (χ2v) is 21.2. The first kappa shape index (κ1) is 69.9. The number of hydrogen-bond acceptors (Lipinski definition) is 11. The number of carbonyl (C=O) groups is 2. The Morgan fingerprint density at radius 3 is 1.41 bits per heavy atom. The van der Waals surface area contributed by atoms with Crippen LogP contribution in [0.1, 0.15) is 149 Å². The molecule has 3 aromatic carbocycles. The Kier molecular flexibility index (Phi) is 33.5. The van der Waals surface area contributed by atoms with E-state index >= 15 is 0 Å². The minimum absolute atomic E-state index is 0. The van der Waals surface area contributed by atoms with Crippen LogP contribution in [0.3, 0.4) is 0 Å². The maximum Gasteiger partial charge on any atom is 1.00 e. The predicted octanol–water partition coefficient (Wildman–Crippen LogP) is 14.4. The van der Waals surface area contributed by atoms with Crippen LogP contribution in [0.15, 0.2) is 95.5 Å². The summed E-state index contributed by atoms with van der Waals surface area (Å²) in [5, 5.41) is 23.5. The summed E-state index contributed by atoms with van der Waals surface area (Å²) in [6, 6.07) is 27.1. The van der Waals surface area contributed by atoms with E-state index < -0.39 is 11.2 Å². The van der Waals surface area contributed by atoms with Crippen LogP contribution in [0.25, 0.3) is 0 Å². The number of benzene rings is 3. The van der Waals surface area contributed by atoms with Gasteiger partial charge < -0.3 is 36.1 Å². The number of ketones is 1. The monoisotopic (exact) mass is 1130 g/mol. The summed E-state index contributed by atoms with van der Waals surface area (Å²) >= 11 is 25.8. The number of aliphatic hydroxyl groups is 2. The fourth-order valence-electron chi connectivity index (χ4n) is 6.40. The molecule has 6 aromatic rings. The molecule has 5 heterocycles. The molecule has 8 rings (SSSR count). The van der Waals surface area contributed by atoms with Crippen molar-refractivity contribution in [2.75, 3.05) is 26.4 Å². The average molecular weight is 1140 g/mol. The van der Waals surface area contributed by atoms with Crippen LogP contribution in [0.4, 0.5) is 0 Å². The molecular formula is C54H71BrCl3LiO8S3. The molecule has 0 spiro atoms. The van der Waals surface area contributed by atoms with Crippen molar-refractivity contribution in [3.05, 3.63) is 175 Å². The average Bonchev–Trinajstić information content (AvgIpc) is 4.14.